The molecular formula is C30H42N4O10S. The van der Waals surface area contributed by atoms with Gasteiger partial charge in [0.2, 0.25) is 0 Å². The molecule has 0 unspecified atom stereocenters. The van der Waals surface area contributed by atoms with Gasteiger partial charge in [-0.15, -0.1) is 0 Å². The van der Waals surface area contributed by atoms with E-state index in [-0.39, 0.29) is 28.9 Å². The summed E-state index contributed by atoms with van der Waals surface area (Å²) >= 11 is 5.37. The minimum Gasteiger partial charge on any atom is -0.488 e. The maximum absolute atomic E-state index is 11.5. The Morgan fingerprint density at radius 2 is 1.38 bits per heavy atom. The summed E-state index contributed by atoms with van der Waals surface area (Å²) in [6.45, 7) is 7.68. The number of ether oxygens (including phenoxy) is 6. The number of anilines is 2. The van der Waals surface area contributed by atoms with E-state index < -0.39 is 11.9 Å². The van der Waals surface area contributed by atoms with Crippen LogP contribution in [0.1, 0.15) is 27.6 Å². The van der Waals surface area contributed by atoms with Crippen molar-refractivity contribution in [3.05, 3.63) is 47.5 Å². The van der Waals surface area contributed by atoms with Crippen molar-refractivity contribution in [1.82, 2.24) is 5.32 Å². The fraction of sp³-hybridized carbons (Fsp3) is 0.500. The summed E-state index contributed by atoms with van der Waals surface area (Å²) in [5.41, 5.74) is 5.83. The third-order valence-corrected chi connectivity index (χ3v) is 6.50. The molecule has 3 rings (SSSR count). The molecule has 0 saturated carbocycles. The number of aromatic carboxylic acids is 2. The van der Waals surface area contributed by atoms with Crippen LogP contribution in [0.15, 0.2) is 36.4 Å². The normalized spacial score (nSPS) is 18.3. The van der Waals surface area contributed by atoms with Gasteiger partial charge in [-0.1, -0.05) is 6.92 Å². The van der Waals surface area contributed by atoms with Crippen LogP contribution in [0.3, 0.4) is 0 Å². The molecule has 0 amide bonds. The van der Waals surface area contributed by atoms with Gasteiger partial charge < -0.3 is 60.3 Å². The second-order valence-corrected chi connectivity index (χ2v) is 10.6. The zero-order valence-corrected chi connectivity index (χ0v) is 26.1. The fourth-order valence-electron chi connectivity index (χ4n) is 4.16. The largest absolute Gasteiger partial charge is 0.488 e. The van der Waals surface area contributed by atoms with Crippen LogP contribution in [-0.2, 0) is 18.9 Å². The fourth-order valence-corrected chi connectivity index (χ4v) is 4.40. The number of carboxylic acid groups (broad SMARTS) is 2. The highest BCUT2D eigenvalue weighted by atomic mass is 32.1. The monoisotopic (exact) mass is 650 g/mol. The molecule has 1 aliphatic rings. The van der Waals surface area contributed by atoms with Gasteiger partial charge >= 0.3 is 11.9 Å². The number of nitrogens with one attached hydrogen (secondary N) is 3. The Morgan fingerprint density at radius 3 is 1.98 bits per heavy atom. The van der Waals surface area contributed by atoms with Crippen molar-refractivity contribution in [2.75, 3.05) is 89.8 Å². The molecular weight excluding hydrogens is 608 g/mol. The van der Waals surface area contributed by atoms with Crippen LogP contribution in [-0.4, -0.2) is 112 Å². The number of hydrogen-bond donors (Lipinski definition) is 6. The lowest BCUT2D eigenvalue weighted by Crippen LogP contribution is -2.40. The van der Waals surface area contributed by atoms with Crippen molar-refractivity contribution in [2.45, 2.75) is 13.0 Å². The highest BCUT2D eigenvalue weighted by Crippen LogP contribution is 2.31. The number of hydrogen-bond acceptors (Lipinski definition) is 11. The van der Waals surface area contributed by atoms with Crippen LogP contribution in [0.5, 0.6) is 11.5 Å². The molecule has 0 atom stereocenters. The van der Waals surface area contributed by atoms with E-state index in [1.807, 2.05) is 0 Å². The first-order valence-corrected chi connectivity index (χ1v) is 15.0. The lowest BCUT2D eigenvalue weighted by Gasteiger charge is -2.21. The molecule has 45 heavy (non-hydrogen) atoms. The number of thiocarbonyl (C=S) groups is 1. The Bertz CT molecular complexity index is 1240. The summed E-state index contributed by atoms with van der Waals surface area (Å²) in [6, 6.07) is 8.96. The van der Waals surface area contributed by atoms with Gasteiger partial charge in [-0.3, -0.25) is 0 Å². The predicted octanol–water partition coefficient (Wildman–Crippen LogP) is 2.28. The first-order valence-electron chi connectivity index (χ1n) is 14.6. The predicted molar refractivity (Wildman–Crippen MR) is 171 cm³/mol. The lowest BCUT2D eigenvalue weighted by atomic mass is 10.1. The molecule has 0 aromatic heterocycles. The highest BCUT2D eigenvalue weighted by molar-refractivity contribution is 7.80. The number of nitrogens with two attached hydrogens (primary N) is 1. The van der Waals surface area contributed by atoms with Gasteiger partial charge in [0.25, 0.3) is 0 Å². The molecule has 0 bridgehead atoms. The van der Waals surface area contributed by atoms with Crippen molar-refractivity contribution < 1.29 is 48.2 Å². The van der Waals surface area contributed by atoms with Crippen molar-refractivity contribution in [3.8, 4) is 11.5 Å². The van der Waals surface area contributed by atoms with Gasteiger partial charge in [-0.25, -0.2) is 9.59 Å². The minimum absolute atomic E-state index is 0.0459. The molecule has 2 aromatic rings. The van der Waals surface area contributed by atoms with E-state index in [4.69, 9.17) is 46.4 Å². The van der Waals surface area contributed by atoms with E-state index in [0.29, 0.717) is 101 Å². The molecule has 248 valence electrons. The zero-order valence-electron chi connectivity index (χ0n) is 25.3. The van der Waals surface area contributed by atoms with E-state index in [9.17, 15) is 19.8 Å². The van der Waals surface area contributed by atoms with E-state index in [0.717, 1.165) is 0 Å². The van der Waals surface area contributed by atoms with Crippen molar-refractivity contribution in [2.24, 2.45) is 11.7 Å². The number of benzene rings is 2. The standard InChI is InChI=1S/C30H42N4O10S/c1-20-16-39-10-12-41-18-23(19-42-13-11-40-17-20)32-7-9-44-26-5-3-22(15-27(26)43-8-6-31)34-30(45)33-21-2-4-24(28(35)36)25(14-21)29(37)38/h2-5,14-15,20,23,32H,6-13,16-19,31H2,1H3,(H,35,36)(H,37,38)(H2,33,34,45). The smallest absolute Gasteiger partial charge is 0.336 e. The third-order valence-electron chi connectivity index (χ3n) is 6.29. The summed E-state index contributed by atoms with van der Waals surface area (Å²) in [4.78, 5) is 22.8. The molecule has 15 heteroatoms. The molecule has 1 aliphatic heterocycles. The van der Waals surface area contributed by atoms with Crippen LogP contribution in [0.2, 0.25) is 0 Å². The van der Waals surface area contributed by atoms with Crippen molar-refractivity contribution in [1.29, 1.82) is 0 Å². The Hall–Kier alpha value is -3.57. The average molecular weight is 651 g/mol. The summed E-state index contributed by atoms with van der Waals surface area (Å²) in [6.07, 6.45) is 0. The summed E-state index contributed by atoms with van der Waals surface area (Å²) in [5, 5.41) is 28.0. The summed E-state index contributed by atoms with van der Waals surface area (Å²) in [7, 11) is 0. The van der Waals surface area contributed by atoms with Crippen LogP contribution in [0, 0.1) is 5.92 Å². The Labute approximate surface area is 267 Å². The first kappa shape index (κ1) is 35.9. The summed E-state index contributed by atoms with van der Waals surface area (Å²) < 4.78 is 34.6. The Kier molecular flexibility index (Phi) is 15.7. The molecule has 1 fully saturated rings. The van der Waals surface area contributed by atoms with Crippen molar-refractivity contribution in [3.63, 3.8) is 0 Å². The molecule has 0 aliphatic carbocycles. The van der Waals surface area contributed by atoms with Gasteiger partial charge in [0.1, 0.15) is 13.2 Å². The number of carbonyl (C=O) groups is 2. The first-order chi connectivity index (χ1) is 21.8. The van der Waals surface area contributed by atoms with Crippen LogP contribution >= 0.6 is 12.2 Å². The number of carboxylic acids is 2. The second-order valence-electron chi connectivity index (χ2n) is 10.2. The minimum atomic E-state index is -1.36. The number of rotatable bonds is 12. The van der Waals surface area contributed by atoms with Gasteiger partial charge in [-0.05, 0) is 42.5 Å². The van der Waals surface area contributed by atoms with Gasteiger partial charge in [0, 0.05) is 36.4 Å². The van der Waals surface area contributed by atoms with Gasteiger partial charge in [0.05, 0.1) is 70.0 Å². The molecule has 14 nitrogen and oxygen atoms in total. The SMILES string of the molecule is CC1COCCOCC(NCCOc2ccc(NC(=S)Nc3ccc(C(=O)O)c(C(=O)O)c3)cc2OCCN)COCCOC1. The van der Waals surface area contributed by atoms with E-state index in [1.54, 1.807) is 18.2 Å². The highest BCUT2D eigenvalue weighted by Gasteiger charge is 2.17. The quantitative estimate of drug-likeness (QED) is 0.145. The van der Waals surface area contributed by atoms with E-state index in [2.05, 4.69) is 22.9 Å². The van der Waals surface area contributed by atoms with E-state index >= 15 is 0 Å². The third kappa shape index (κ3) is 13.1. The Morgan fingerprint density at radius 1 is 0.822 bits per heavy atom. The van der Waals surface area contributed by atoms with Gasteiger partial charge in [0.15, 0.2) is 16.6 Å². The lowest BCUT2D eigenvalue weighted by molar-refractivity contribution is -0.0229. The Balaban J connectivity index is 1.53. The second kappa shape index (κ2) is 19.7. The zero-order chi connectivity index (χ0) is 32.4. The van der Waals surface area contributed by atoms with Crippen LogP contribution in [0.25, 0.3) is 0 Å². The van der Waals surface area contributed by atoms with Crippen LogP contribution < -0.4 is 31.2 Å². The topological polar surface area (TPSA) is 192 Å². The molecule has 0 radical (unpaired) electrons. The molecule has 2 aromatic carbocycles. The van der Waals surface area contributed by atoms with Crippen molar-refractivity contribution >= 4 is 40.6 Å². The van der Waals surface area contributed by atoms with E-state index in [1.165, 1.54) is 18.2 Å². The molecule has 1 heterocycles. The van der Waals surface area contributed by atoms with Gasteiger partial charge in [-0.2, -0.15) is 0 Å². The molecule has 0 spiro atoms. The van der Waals surface area contributed by atoms with Crippen LogP contribution in [0.4, 0.5) is 11.4 Å². The maximum Gasteiger partial charge on any atom is 0.336 e. The maximum atomic E-state index is 11.5. The average Bonchev–Trinajstić information content (AvgIpc) is 3.01. The summed E-state index contributed by atoms with van der Waals surface area (Å²) in [5.74, 6) is -1.43. The molecule has 7 N–H and O–H groups in total. The molecule has 1 saturated heterocycles.